The van der Waals surface area contributed by atoms with Crippen LogP contribution < -0.4 is 5.32 Å². The standard InChI is InChI=1S/C15H19N3O2S/c19-9-8-16-12-6-4-11(5-7-12)15-17-14(18-20-15)13-3-1-2-10-21-13/h4-7,13,16,19H,1-3,8-10H2. The van der Waals surface area contributed by atoms with Gasteiger partial charge in [0.05, 0.1) is 11.9 Å². The Kier molecular flexibility index (Phi) is 4.77. The summed E-state index contributed by atoms with van der Waals surface area (Å²) in [5.74, 6) is 2.57. The first kappa shape index (κ1) is 14.4. The molecule has 2 aromatic rings. The van der Waals surface area contributed by atoms with Crippen molar-refractivity contribution in [3.8, 4) is 11.5 Å². The van der Waals surface area contributed by atoms with Crippen molar-refractivity contribution >= 4 is 17.4 Å². The Hall–Kier alpha value is -1.53. The molecule has 112 valence electrons. The minimum Gasteiger partial charge on any atom is -0.395 e. The zero-order valence-electron chi connectivity index (χ0n) is 11.8. The van der Waals surface area contributed by atoms with Gasteiger partial charge < -0.3 is 14.9 Å². The van der Waals surface area contributed by atoms with E-state index in [-0.39, 0.29) is 6.61 Å². The molecule has 1 aliphatic rings. The number of hydrogen-bond donors (Lipinski definition) is 2. The van der Waals surface area contributed by atoms with Gasteiger partial charge in [-0.15, -0.1) is 0 Å². The van der Waals surface area contributed by atoms with Crippen molar-refractivity contribution in [1.82, 2.24) is 10.1 Å². The summed E-state index contributed by atoms with van der Waals surface area (Å²) in [5.41, 5.74) is 1.89. The van der Waals surface area contributed by atoms with E-state index in [0.29, 0.717) is 17.7 Å². The van der Waals surface area contributed by atoms with Gasteiger partial charge >= 0.3 is 0 Å². The molecule has 0 radical (unpaired) electrons. The minimum atomic E-state index is 0.119. The molecule has 0 amide bonds. The van der Waals surface area contributed by atoms with Crippen molar-refractivity contribution in [2.24, 2.45) is 0 Å². The molecule has 1 saturated heterocycles. The van der Waals surface area contributed by atoms with Crippen LogP contribution in [0.15, 0.2) is 28.8 Å². The number of aromatic nitrogens is 2. The average molecular weight is 305 g/mol. The van der Waals surface area contributed by atoms with Crippen LogP contribution in [0.1, 0.15) is 30.3 Å². The lowest BCUT2D eigenvalue weighted by molar-refractivity contribution is 0.311. The maximum atomic E-state index is 8.79. The Morgan fingerprint density at radius 1 is 1.29 bits per heavy atom. The van der Waals surface area contributed by atoms with Crippen LogP contribution in [-0.4, -0.2) is 34.2 Å². The first-order chi connectivity index (χ1) is 10.4. The summed E-state index contributed by atoms with van der Waals surface area (Å²) >= 11 is 1.92. The highest BCUT2D eigenvalue weighted by Gasteiger charge is 2.21. The van der Waals surface area contributed by atoms with E-state index in [0.717, 1.165) is 23.5 Å². The third kappa shape index (κ3) is 3.57. The fourth-order valence-electron chi connectivity index (χ4n) is 2.36. The average Bonchev–Trinajstić information content (AvgIpc) is 3.04. The topological polar surface area (TPSA) is 71.2 Å². The number of thioether (sulfide) groups is 1. The molecule has 5 nitrogen and oxygen atoms in total. The Bertz CT molecular complexity index is 565. The van der Waals surface area contributed by atoms with Crippen LogP contribution in [0.25, 0.3) is 11.5 Å². The van der Waals surface area contributed by atoms with Gasteiger partial charge in [-0.1, -0.05) is 11.6 Å². The molecule has 1 atom stereocenters. The van der Waals surface area contributed by atoms with E-state index in [1.807, 2.05) is 36.0 Å². The highest BCUT2D eigenvalue weighted by Crippen LogP contribution is 2.37. The van der Waals surface area contributed by atoms with Crippen molar-refractivity contribution in [1.29, 1.82) is 0 Å². The molecule has 1 aromatic heterocycles. The first-order valence-corrected chi connectivity index (χ1v) is 8.32. The lowest BCUT2D eigenvalue weighted by Gasteiger charge is -2.17. The summed E-state index contributed by atoms with van der Waals surface area (Å²) in [6.45, 7) is 0.663. The van der Waals surface area contributed by atoms with Gasteiger partial charge in [-0.05, 0) is 42.9 Å². The molecule has 1 aromatic carbocycles. The molecular formula is C15H19N3O2S. The Morgan fingerprint density at radius 3 is 2.86 bits per heavy atom. The number of nitrogens with zero attached hydrogens (tertiary/aromatic N) is 2. The molecule has 3 rings (SSSR count). The van der Waals surface area contributed by atoms with E-state index in [1.165, 1.54) is 18.6 Å². The van der Waals surface area contributed by atoms with Gasteiger partial charge in [0.25, 0.3) is 5.89 Å². The summed E-state index contributed by atoms with van der Waals surface area (Å²) in [4.78, 5) is 4.54. The third-order valence-corrected chi connectivity index (χ3v) is 4.86. The van der Waals surface area contributed by atoms with E-state index in [4.69, 9.17) is 9.63 Å². The van der Waals surface area contributed by atoms with E-state index in [2.05, 4.69) is 15.5 Å². The van der Waals surface area contributed by atoms with Gasteiger partial charge in [-0.3, -0.25) is 0 Å². The van der Waals surface area contributed by atoms with Crippen LogP contribution in [0, 0.1) is 0 Å². The summed E-state index contributed by atoms with van der Waals surface area (Å²) in [7, 11) is 0. The monoisotopic (exact) mass is 305 g/mol. The Morgan fingerprint density at radius 2 is 2.14 bits per heavy atom. The predicted molar refractivity (Wildman–Crippen MR) is 84.4 cm³/mol. The van der Waals surface area contributed by atoms with Crippen molar-refractivity contribution in [3.63, 3.8) is 0 Å². The molecule has 1 fully saturated rings. The van der Waals surface area contributed by atoms with Gasteiger partial charge in [-0.2, -0.15) is 16.7 Å². The number of hydrogen-bond acceptors (Lipinski definition) is 6. The van der Waals surface area contributed by atoms with E-state index >= 15 is 0 Å². The molecular weight excluding hydrogens is 286 g/mol. The highest BCUT2D eigenvalue weighted by atomic mass is 32.2. The summed E-state index contributed by atoms with van der Waals surface area (Å²) in [6, 6.07) is 7.80. The van der Waals surface area contributed by atoms with E-state index < -0.39 is 0 Å². The van der Waals surface area contributed by atoms with Crippen molar-refractivity contribution in [3.05, 3.63) is 30.1 Å². The van der Waals surface area contributed by atoms with Gasteiger partial charge in [0.15, 0.2) is 5.82 Å². The highest BCUT2D eigenvalue weighted by molar-refractivity contribution is 7.99. The van der Waals surface area contributed by atoms with Crippen LogP contribution in [0.4, 0.5) is 5.69 Å². The number of nitrogens with one attached hydrogen (secondary N) is 1. The van der Waals surface area contributed by atoms with Gasteiger partial charge in [0.2, 0.25) is 0 Å². The molecule has 2 N–H and O–H groups in total. The number of aliphatic hydroxyl groups excluding tert-OH is 1. The number of benzene rings is 1. The molecule has 0 saturated carbocycles. The minimum absolute atomic E-state index is 0.119. The molecule has 0 bridgehead atoms. The molecule has 1 unspecified atom stereocenters. The van der Waals surface area contributed by atoms with Crippen LogP contribution in [0.3, 0.4) is 0 Å². The molecule has 0 aliphatic carbocycles. The maximum absolute atomic E-state index is 8.79. The molecule has 0 spiro atoms. The smallest absolute Gasteiger partial charge is 0.257 e. The van der Waals surface area contributed by atoms with Crippen LogP contribution in [0.5, 0.6) is 0 Å². The largest absolute Gasteiger partial charge is 0.395 e. The van der Waals surface area contributed by atoms with Crippen molar-refractivity contribution in [2.75, 3.05) is 24.2 Å². The summed E-state index contributed by atoms with van der Waals surface area (Å²) in [6.07, 6.45) is 3.66. The third-order valence-electron chi connectivity index (χ3n) is 3.48. The zero-order valence-corrected chi connectivity index (χ0v) is 12.6. The summed E-state index contributed by atoms with van der Waals surface area (Å²) < 4.78 is 5.39. The molecule has 2 heterocycles. The number of aliphatic hydroxyl groups is 1. The second kappa shape index (κ2) is 6.95. The van der Waals surface area contributed by atoms with E-state index in [9.17, 15) is 0 Å². The number of rotatable bonds is 5. The maximum Gasteiger partial charge on any atom is 0.257 e. The van der Waals surface area contributed by atoms with E-state index in [1.54, 1.807) is 0 Å². The van der Waals surface area contributed by atoms with Crippen LogP contribution in [-0.2, 0) is 0 Å². The predicted octanol–water partition coefficient (Wildman–Crippen LogP) is 3.10. The van der Waals surface area contributed by atoms with Crippen LogP contribution >= 0.6 is 11.8 Å². The SMILES string of the molecule is OCCNc1ccc(-c2nc(C3CCCCS3)no2)cc1. The van der Waals surface area contributed by atoms with Crippen LogP contribution in [0.2, 0.25) is 0 Å². The normalized spacial score (nSPS) is 18.6. The molecule has 21 heavy (non-hydrogen) atoms. The lowest BCUT2D eigenvalue weighted by atomic mass is 10.2. The van der Waals surface area contributed by atoms with Gasteiger partial charge in [0.1, 0.15) is 0 Å². The molecule has 6 heteroatoms. The first-order valence-electron chi connectivity index (χ1n) is 7.27. The zero-order chi connectivity index (χ0) is 14.5. The quantitative estimate of drug-likeness (QED) is 0.884. The fourth-order valence-corrected chi connectivity index (χ4v) is 3.59. The van der Waals surface area contributed by atoms with Gasteiger partial charge in [-0.25, -0.2) is 0 Å². The van der Waals surface area contributed by atoms with Gasteiger partial charge in [0, 0.05) is 17.8 Å². The second-order valence-corrected chi connectivity index (χ2v) is 6.35. The summed E-state index contributed by atoms with van der Waals surface area (Å²) in [5, 5.41) is 16.4. The Labute approximate surface area is 128 Å². The molecule has 1 aliphatic heterocycles. The fraction of sp³-hybridized carbons (Fsp3) is 0.467. The second-order valence-electron chi connectivity index (χ2n) is 5.04. The lowest BCUT2D eigenvalue weighted by Crippen LogP contribution is -2.04. The number of anilines is 1. The van der Waals surface area contributed by atoms with Crippen molar-refractivity contribution in [2.45, 2.75) is 24.5 Å². The van der Waals surface area contributed by atoms with Crippen molar-refractivity contribution < 1.29 is 9.63 Å². The Balaban J connectivity index is 1.70.